The van der Waals surface area contributed by atoms with Crippen LogP contribution in [0, 0.1) is 0 Å². The van der Waals surface area contributed by atoms with Crippen LogP contribution in [0.5, 0.6) is 5.88 Å². The monoisotopic (exact) mass is 603 g/mol. The quantitative estimate of drug-likeness (QED) is 0.125. The first-order valence-electron chi connectivity index (χ1n) is 13.8. The molecule has 43 heavy (non-hydrogen) atoms. The molecule has 1 unspecified atom stereocenters. The van der Waals surface area contributed by atoms with Gasteiger partial charge in [-0.05, 0) is 47.9 Å². The third-order valence-corrected chi connectivity index (χ3v) is 8.25. The molecule has 0 N–H and O–H groups in total. The number of aromatic nitrogens is 3. The van der Waals surface area contributed by atoms with Gasteiger partial charge in [0.25, 0.3) is 0 Å². The van der Waals surface area contributed by atoms with E-state index < -0.39 is 17.7 Å². The summed E-state index contributed by atoms with van der Waals surface area (Å²) in [6.45, 7) is 6.82. The number of thioether (sulfide) groups is 1. The topological polar surface area (TPSA) is 57.0 Å². The van der Waals surface area contributed by atoms with Crippen molar-refractivity contribution in [3.63, 3.8) is 0 Å². The molecular formula is C34H32F3N3O2S. The predicted octanol–water partition coefficient (Wildman–Crippen LogP) is 8.65. The van der Waals surface area contributed by atoms with Gasteiger partial charge in [0.15, 0.2) is 0 Å². The molecule has 222 valence electrons. The molecule has 1 atom stereocenters. The number of alkyl halides is 3. The van der Waals surface area contributed by atoms with Crippen LogP contribution in [0.1, 0.15) is 49.1 Å². The highest BCUT2D eigenvalue weighted by Crippen LogP contribution is 2.44. The summed E-state index contributed by atoms with van der Waals surface area (Å²) in [5.74, 6) is 0.146. The smallest absolute Gasteiger partial charge is 0.417 e. The molecule has 0 aliphatic rings. The van der Waals surface area contributed by atoms with Gasteiger partial charge < -0.3 is 14.1 Å². The number of hydrogen-bond acceptors (Lipinski definition) is 5. The van der Waals surface area contributed by atoms with Crippen molar-refractivity contribution in [2.75, 3.05) is 0 Å². The van der Waals surface area contributed by atoms with Crippen LogP contribution in [0.4, 0.5) is 13.2 Å². The van der Waals surface area contributed by atoms with Gasteiger partial charge in [-0.3, -0.25) is 4.98 Å². The number of carbonyl (C=O) groups excluding carboxylic acids is 1. The van der Waals surface area contributed by atoms with Gasteiger partial charge in [-0.1, -0.05) is 57.2 Å². The van der Waals surface area contributed by atoms with Crippen molar-refractivity contribution < 1.29 is 22.7 Å². The summed E-state index contributed by atoms with van der Waals surface area (Å²) in [6.07, 6.45) is -0.422. The van der Waals surface area contributed by atoms with Crippen molar-refractivity contribution in [3.05, 3.63) is 108 Å². The first-order chi connectivity index (χ1) is 20.4. The van der Waals surface area contributed by atoms with Crippen molar-refractivity contribution in [2.24, 2.45) is 7.05 Å². The minimum atomic E-state index is -4.43. The second kappa shape index (κ2) is 12.2. The summed E-state index contributed by atoms with van der Waals surface area (Å²) in [5, 5.41) is 1.06. The molecule has 0 radical (unpaired) electrons. The maximum absolute atomic E-state index is 12.9. The summed E-state index contributed by atoms with van der Waals surface area (Å²) in [7, 11) is 1.99. The van der Waals surface area contributed by atoms with Crippen molar-refractivity contribution in [1.29, 1.82) is 0 Å². The summed E-state index contributed by atoms with van der Waals surface area (Å²) < 4.78 is 46.7. The SMILES string of the molecule is Cn1c(C(C=O)Cc2ccc(-c3ccc(C(F)(F)F)cn3)cc2)c(SC(C)(C)C)c2cc(COc3ccccn3)ccc21. The van der Waals surface area contributed by atoms with Crippen LogP contribution in [0.3, 0.4) is 0 Å². The lowest BCUT2D eigenvalue weighted by Gasteiger charge is -2.21. The molecule has 9 heteroatoms. The fraction of sp³-hybridized carbons (Fsp3) is 0.265. The van der Waals surface area contributed by atoms with E-state index in [9.17, 15) is 18.0 Å². The predicted molar refractivity (Wildman–Crippen MR) is 164 cm³/mol. The number of pyridine rings is 2. The van der Waals surface area contributed by atoms with Gasteiger partial charge >= 0.3 is 6.18 Å². The van der Waals surface area contributed by atoms with Gasteiger partial charge in [-0.25, -0.2) is 4.98 Å². The Kier molecular flexibility index (Phi) is 8.64. The first kappa shape index (κ1) is 30.4. The largest absolute Gasteiger partial charge is 0.473 e. The number of aldehydes is 1. The lowest BCUT2D eigenvalue weighted by atomic mass is 9.96. The minimum absolute atomic E-state index is 0.104. The zero-order valence-corrected chi connectivity index (χ0v) is 25.2. The Morgan fingerprint density at radius 1 is 0.953 bits per heavy atom. The Labute approximate surface area is 253 Å². The van der Waals surface area contributed by atoms with E-state index in [0.29, 0.717) is 30.2 Å². The van der Waals surface area contributed by atoms with Gasteiger partial charge in [-0.15, -0.1) is 11.8 Å². The molecule has 0 saturated carbocycles. The normalized spacial score (nSPS) is 12.8. The van der Waals surface area contributed by atoms with Gasteiger partial charge in [0.05, 0.1) is 17.2 Å². The van der Waals surface area contributed by atoms with Gasteiger partial charge in [0.1, 0.15) is 12.9 Å². The Morgan fingerprint density at radius 3 is 2.30 bits per heavy atom. The Morgan fingerprint density at radius 2 is 1.70 bits per heavy atom. The average Bonchev–Trinajstić information content (AvgIpc) is 3.24. The van der Waals surface area contributed by atoms with Crippen molar-refractivity contribution in [1.82, 2.24) is 14.5 Å². The van der Waals surface area contributed by atoms with Crippen molar-refractivity contribution in [3.8, 4) is 17.1 Å². The van der Waals surface area contributed by atoms with Gasteiger partial charge in [-0.2, -0.15) is 13.2 Å². The van der Waals surface area contributed by atoms with Gasteiger partial charge in [0, 0.05) is 57.3 Å². The van der Waals surface area contributed by atoms with Crippen LogP contribution >= 0.6 is 11.8 Å². The number of hydrogen-bond donors (Lipinski definition) is 0. The van der Waals surface area contributed by atoms with Crippen LogP contribution in [0.2, 0.25) is 0 Å². The molecule has 0 saturated heterocycles. The second-order valence-corrected chi connectivity index (χ2v) is 13.2. The van der Waals surface area contributed by atoms with E-state index in [1.54, 1.807) is 18.0 Å². The molecule has 2 aromatic carbocycles. The molecule has 0 bridgehead atoms. The van der Waals surface area contributed by atoms with E-state index in [1.807, 2.05) is 55.6 Å². The number of benzene rings is 2. The number of halogens is 3. The third kappa shape index (κ3) is 7.10. The minimum Gasteiger partial charge on any atom is -0.473 e. The molecule has 5 nitrogen and oxygen atoms in total. The molecule has 5 rings (SSSR count). The maximum atomic E-state index is 12.9. The van der Waals surface area contributed by atoms with E-state index in [4.69, 9.17) is 4.74 Å². The standard InChI is InChI=1S/C34H32F3N3O2S/c1-33(2,3)43-32-27-18-23(21-42-30-7-5-6-16-38-30)10-15-29(27)40(4)31(32)25(20-41)17-22-8-11-24(12-9-22)28-14-13-26(19-39-28)34(35,36)37/h5-16,18-20,25H,17,21H2,1-4H3. The Balaban J connectivity index is 1.44. The average molecular weight is 604 g/mol. The number of nitrogens with zero attached hydrogens (tertiary/aromatic N) is 3. The molecule has 0 spiro atoms. The van der Waals surface area contributed by atoms with E-state index >= 15 is 0 Å². The van der Waals surface area contributed by atoms with E-state index in [1.165, 1.54) is 6.07 Å². The zero-order chi connectivity index (χ0) is 30.8. The van der Waals surface area contributed by atoms with Crippen molar-refractivity contribution >= 4 is 29.0 Å². The number of rotatable bonds is 9. The van der Waals surface area contributed by atoms with Crippen LogP contribution in [-0.2, 0) is 31.0 Å². The summed E-state index contributed by atoms with van der Waals surface area (Å²) in [5.41, 5.74) is 4.28. The number of fused-ring (bicyclic) bond motifs is 1. The fourth-order valence-electron chi connectivity index (χ4n) is 4.99. The van der Waals surface area contributed by atoms with Crippen LogP contribution in [-0.4, -0.2) is 25.6 Å². The van der Waals surface area contributed by atoms with Crippen LogP contribution in [0.25, 0.3) is 22.2 Å². The Hall–Kier alpha value is -4.11. The van der Waals surface area contributed by atoms with Gasteiger partial charge in [0.2, 0.25) is 5.88 Å². The molecule has 3 heterocycles. The van der Waals surface area contributed by atoms with E-state index in [-0.39, 0.29) is 4.75 Å². The van der Waals surface area contributed by atoms with E-state index in [2.05, 4.69) is 47.4 Å². The lowest BCUT2D eigenvalue weighted by molar-refractivity contribution is -0.137. The molecule has 0 aliphatic carbocycles. The molecule has 0 aliphatic heterocycles. The number of carbonyl (C=O) groups is 1. The van der Waals surface area contributed by atoms with Crippen molar-refractivity contribution in [2.45, 2.75) is 55.5 Å². The summed E-state index contributed by atoms with van der Waals surface area (Å²) in [4.78, 5) is 21.9. The molecule has 5 aromatic rings. The number of aryl methyl sites for hydroxylation is 1. The first-order valence-corrected chi connectivity index (χ1v) is 14.7. The van der Waals surface area contributed by atoms with E-state index in [0.717, 1.165) is 51.2 Å². The highest BCUT2D eigenvalue weighted by molar-refractivity contribution is 8.00. The molecule has 0 fully saturated rings. The number of ether oxygens (including phenoxy) is 1. The van der Waals surface area contributed by atoms with Crippen LogP contribution in [0.15, 0.2) is 90.1 Å². The summed E-state index contributed by atoms with van der Waals surface area (Å²) in [6, 6.07) is 21.6. The molecule has 0 amide bonds. The zero-order valence-electron chi connectivity index (χ0n) is 24.4. The fourth-order valence-corrected chi connectivity index (χ4v) is 6.27. The second-order valence-electron chi connectivity index (χ2n) is 11.4. The highest BCUT2D eigenvalue weighted by atomic mass is 32.2. The Bertz CT molecular complexity index is 1710. The molecular weight excluding hydrogens is 571 g/mol. The maximum Gasteiger partial charge on any atom is 0.417 e. The lowest BCUT2D eigenvalue weighted by Crippen LogP contribution is -2.13. The summed E-state index contributed by atoms with van der Waals surface area (Å²) >= 11 is 1.74. The highest BCUT2D eigenvalue weighted by Gasteiger charge is 2.31. The third-order valence-electron chi connectivity index (χ3n) is 7.01. The van der Waals surface area contributed by atoms with Crippen LogP contribution < -0.4 is 4.74 Å². The molecule has 3 aromatic heterocycles.